The van der Waals surface area contributed by atoms with Gasteiger partial charge in [-0.05, 0) is 36.4 Å². The number of carbonyl (C=O) groups excluding carboxylic acids is 3. The molecule has 0 saturated carbocycles. The maximum absolute atomic E-state index is 13.5. The van der Waals surface area contributed by atoms with Crippen LogP contribution in [0.15, 0.2) is 101 Å². The van der Waals surface area contributed by atoms with E-state index in [1.807, 2.05) is 24.3 Å². The Bertz CT molecular complexity index is 1430. The molecule has 1 aliphatic rings. The van der Waals surface area contributed by atoms with Gasteiger partial charge in [0.05, 0.1) is 11.3 Å². The van der Waals surface area contributed by atoms with Gasteiger partial charge in [-0.15, -0.1) is 0 Å². The number of carbonyl (C=O) groups is 3. The molecule has 0 spiro atoms. The molecule has 0 aromatic heterocycles. The zero-order chi connectivity index (χ0) is 22.9. The van der Waals surface area contributed by atoms with Crippen LogP contribution in [-0.2, 0) is 0 Å². The Balaban J connectivity index is 1.65. The van der Waals surface area contributed by atoms with E-state index in [0.717, 1.165) is 4.90 Å². The molecular formula is C27H18N2O3S. The first-order valence-corrected chi connectivity index (χ1v) is 11.1. The number of para-hydroxylation sites is 1. The zero-order valence-corrected chi connectivity index (χ0v) is 18.2. The maximum atomic E-state index is 13.5. The first-order valence-electron chi connectivity index (χ1n) is 10.3. The molecule has 4 aromatic carbocycles. The van der Waals surface area contributed by atoms with Crippen LogP contribution in [0.1, 0.15) is 42.2 Å². The van der Waals surface area contributed by atoms with Crippen LogP contribution in [0.3, 0.4) is 0 Å². The molecule has 0 bridgehead atoms. The lowest BCUT2D eigenvalue weighted by Crippen LogP contribution is -2.24. The summed E-state index contributed by atoms with van der Waals surface area (Å²) in [7, 11) is 0. The highest BCUT2D eigenvalue weighted by Gasteiger charge is 2.34. The van der Waals surface area contributed by atoms with E-state index >= 15 is 0 Å². The lowest BCUT2D eigenvalue weighted by Gasteiger charge is -2.23. The Hall–Kier alpha value is -4.16. The summed E-state index contributed by atoms with van der Waals surface area (Å²) in [5, 5.41) is 2.82. The summed E-state index contributed by atoms with van der Waals surface area (Å²) in [4.78, 5) is 41.3. The molecule has 0 fully saturated rings. The number of ketones is 2. The number of nitrogens with two attached hydrogens (primary N) is 1. The van der Waals surface area contributed by atoms with Crippen LogP contribution in [0.5, 0.6) is 0 Å². The average Bonchev–Trinajstić information content (AvgIpc) is 2.85. The standard InChI is InChI=1S/C27H18N2O3S/c28-19-12-6-7-13-21(19)33-22-15-14-20(29-27(32)16-8-2-1-3-9-16)23-24(22)26(31)18-11-5-4-10-17(18)25(23)30/h1-15H,28H2,(H,29,32). The van der Waals surface area contributed by atoms with Gasteiger partial charge in [0.2, 0.25) is 0 Å². The minimum Gasteiger partial charge on any atom is -0.398 e. The second kappa shape index (κ2) is 8.41. The summed E-state index contributed by atoms with van der Waals surface area (Å²) in [6.07, 6.45) is 0. The minimum atomic E-state index is -0.357. The largest absolute Gasteiger partial charge is 0.398 e. The number of amides is 1. The number of rotatable bonds is 4. The van der Waals surface area contributed by atoms with E-state index in [2.05, 4.69) is 5.32 Å². The van der Waals surface area contributed by atoms with Crippen LogP contribution in [-0.4, -0.2) is 17.5 Å². The number of hydrogen-bond donors (Lipinski definition) is 2. The van der Waals surface area contributed by atoms with E-state index < -0.39 is 0 Å². The third-order valence-electron chi connectivity index (χ3n) is 5.46. The van der Waals surface area contributed by atoms with Crippen molar-refractivity contribution in [3.63, 3.8) is 0 Å². The second-order valence-corrected chi connectivity index (χ2v) is 8.61. The quantitative estimate of drug-likeness (QED) is 0.356. The molecule has 0 aliphatic heterocycles. The normalized spacial score (nSPS) is 12.1. The van der Waals surface area contributed by atoms with E-state index in [1.54, 1.807) is 66.7 Å². The number of benzene rings is 4. The predicted molar refractivity (Wildman–Crippen MR) is 129 cm³/mol. The first kappa shape index (κ1) is 20.7. The Morgan fingerprint density at radius 3 is 1.97 bits per heavy atom. The molecule has 5 rings (SSSR count). The molecule has 0 atom stereocenters. The molecule has 1 aliphatic carbocycles. The van der Waals surface area contributed by atoms with Gasteiger partial charge in [-0.25, -0.2) is 0 Å². The van der Waals surface area contributed by atoms with Crippen LogP contribution in [0.4, 0.5) is 11.4 Å². The summed E-state index contributed by atoms with van der Waals surface area (Å²) in [6.45, 7) is 0. The molecule has 1 amide bonds. The molecule has 0 saturated heterocycles. The van der Waals surface area contributed by atoms with Gasteiger partial charge in [0, 0.05) is 37.7 Å². The zero-order valence-electron chi connectivity index (χ0n) is 17.4. The fourth-order valence-corrected chi connectivity index (χ4v) is 4.86. The third-order valence-corrected chi connectivity index (χ3v) is 6.61. The summed E-state index contributed by atoms with van der Waals surface area (Å²) >= 11 is 1.32. The highest BCUT2D eigenvalue weighted by atomic mass is 32.2. The van der Waals surface area contributed by atoms with E-state index in [1.165, 1.54) is 11.8 Å². The van der Waals surface area contributed by atoms with Gasteiger partial charge in [-0.1, -0.05) is 66.4 Å². The summed E-state index contributed by atoms with van der Waals surface area (Å²) in [6, 6.07) is 26.2. The van der Waals surface area contributed by atoms with Crippen molar-refractivity contribution in [3.05, 3.63) is 119 Å². The van der Waals surface area contributed by atoms with Crippen molar-refractivity contribution in [2.45, 2.75) is 9.79 Å². The molecule has 6 heteroatoms. The van der Waals surface area contributed by atoms with Gasteiger partial charge in [0.25, 0.3) is 5.91 Å². The molecule has 0 radical (unpaired) electrons. The fourth-order valence-electron chi connectivity index (χ4n) is 3.86. The van der Waals surface area contributed by atoms with E-state index in [-0.39, 0.29) is 28.6 Å². The lowest BCUT2D eigenvalue weighted by atomic mass is 9.83. The van der Waals surface area contributed by atoms with Crippen LogP contribution in [0.2, 0.25) is 0 Å². The molecular weight excluding hydrogens is 432 g/mol. The van der Waals surface area contributed by atoms with Crippen molar-refractivity contribution in [3.8, 4) is 0 Å². The molecule has 160 valence electrons. The van der Waals surface area contributed by atoms with Crippen molar-refractivity contribution >= 4 is 40.6 Å². The van der Waals surface area contributed by atoms with Crippen molar-refractivity contribution < 1.29 is 14.4 Å². The Morgan fingerprint density at radius 2 is 1.27 bits per heavy atom. The highest BCUT2D eigenvalue weighted by molar-refractivity contribution is 7.99. The van der Waals surface area contributed by atoms with Gasteiger partial charge < -0.3 is 11.1 Å². The predicted octanol–water partition coefficient (Wildman–Crippen LogP) is 5.45. The molecule has 5 nitrogen and oxygen atoms in total. The molecule has 3 N–H and O–H groups in total. The number of fused-ring (bicyclic) bond motifs is 2. The van der Waals surface area contributed by atoms with Gasteiger partial charge in [0.1, 0.15) is 0 Å². The van der Waals surface area contributed by atoms with Crippen molar-refractivity contribution in [2.24, 2.45) is 0 Å². The molecule has 0 heterocycles. The number of anilines is 2. The second-order valence-electron chi connectivity index (χ2n) is 7.53. The average molecular weight is 451 g/mol. The van der Waals surface area contributed by atoms with E-state index in [0.29, 0.717) is 33.0 Å². The molecule has 0 unspecified atom stereocenters. The van der Waals surface area contributed by atoms with Crippen LogP contribution in [0.25, 0.3) is 0 Å². The Morgan fingerprint density at radius 1 is 0.667 bits per heavy atom. The van der Waals surface area contributed by atoms with E-state index in [4.69, 9.17) is 5.73 Å². The van der Waals surface area contributed by atoms with Gasteiger partial charge in [-0.2, -0.15) is 0 Å². The number of nitrogens with one attached hydrogen (secondary N) is 1. The van der Waals surface area contributed by atoms with Crippen molar-refractivity contribution in [1.29, 1.82) is 0 Å². The topological polar surface area (TPSA) is 89.3 Å². The lowest BCUT2D eigenvalue weighted by molar-refractivity contribution is 0.0976. The highest BCUT2D eigenvalue weighted by Crippen LogP contribution is 2.41. The Kier molecular flexibility index (Phi) is 5.28. The van der Waals surface area contributed by atoms with Crippen molar-refractivity contribution in [2.75, 3.05) is 11.1 Å². The van der Waals surface area contributed by atoms with Crippen molar-refractivity contribution in [1.82, 2.24) is 0 Å². The summed E-state index contributed by atoms with van der Waals surface area (Å²) in [5.74, 6) is -0.912. The summed E-state index contributed by atoms with van der Waals surface area (Å²) in [5.41, 5.74) is 8.60. The maximum Gasteiger partial charge on any atom is 0.255 e. The summed E-state index contributed by atoms with van der Waals surface area (Å²) < 4.78 is 0. The molecule has 33 heavy (non-hydrogen) atoms. The number of nitrogen functional groups attached to an aromatic ring is 1. The fraction of sp³-hybridized carbons (Fsp3) is 0. The van der Waals surface area contributed by atoms with Gasteiger partial charge >= 0.3 is 0 Å². The van der Waals surface area contributed by atoms with E-state index in [9.17, 15) is 14.4 Å². The molecule has 4 aromatic rings. The minimum absolute atomic E-state index is 0.197. The number of hydrogen-bond acceptors (Lipinski definition) is 5. The van der Waals surface area contributed by atoms with Gasteiger partial charge in [0.15, 0.2) is 11.6 Å². The SMILES string of the molecule is Nc1ccccc1Sc1ccc(NC(=O)c2ccccc2)c2c1C(=O)c1ccccc1C2=O. The van der Waals surface area contributed by atoms with Crippen LogP contribution in [0, 0.1) is 0 Å². The van der Waals surface area contributed by atoms with Crippen LogP contribution >= 0.6 is 11.8 Å². The monoisotopic (exact) mass is 450 g/mol. The smallest absolute Gasteiger partial charge is 0.255 e. The van der Waals surface area contributed by atoms with Gasteiger partial charge in [-0.3, -0.25) is 14.4 Å². The van der Waals surface area contributed by atoms with Crippen LogP contribution < -0.4 is 11.1 Å². The first-order chi connectivity index (χ1) is 16.0. The Labute approximate surface area is 194 Å². The third kappa shape index (κ3) is 3.70.